The summed E-state index contributed by atoms with van der Waals surface area (Å²) in [5, 5.41) is 23.9. The molecule has 4 aromatic carbocycles. The molecule has 0 saturated heterocycles. The van der Waals surface area contributed by atoms with Crippen LogP contribution in [-0.2, 0) is 0 Å². The molecule has 0 saturated carbocycles. The van der Waals surface area contributed by atoms with Crippen LogP contribution in [0, 0.1) is 0 Å². The lowest BCUT2D eigenvalue weighted by Gasteiger charge is -2.10. The van der Waals surface area contributed by atoms with Gasteiger partial charge in [0.2, 0.25) is 0 Å². The second-order valence-corrected chi connectivity index (χ2v) is 8.22. The van der Waals surface area contributed by atoms with Crippen LogP contribution >= 0.6 is 0 Å². The number of carboxylic acids is 2. The number of hydrogen-bond acceptors (Lipinski definition) is 4. The molecule has 0 aliphatic heterocycles. The van der Waals surface area contributed by atoms with Gasteiger partial charge in [-0.25, -0.2) is 9.59 Å². The third-order valence-corrected chi connectivity index (χ3v) is 5.59. The van der Waals surface area contributed by atoms with E-state index in [0.29, 0.717) is 11.3 Å². The molecule has 8 heteroatoms. The molecule has 0 unspecified atom stereocenters. The molecule has 4 rings (SSSR count). The summed E-state index contributed by atoms with van der Waals surface area (Å²) in [4.78, 5) is 48.0. The summed E-state index contributed by atoms with van der Waals surface area (Å²) in [6.45, 7) is 0. The molecule has 0 aliphatic carbocycles. The van der Waals surface area contributed by atoms with Gasteiger partial charge in [-0.2, -0.15) is 0 Å². The Balaban J connectivity index is 1.43. The van der Waals surface area contributed by atoms with Gasteiger partial charge in [0.15, 0.2) is 0 Å². The molecule has 0 spiro atoms. The first-order valence-electron chi connectivity index (χ1n) is 11.5. The lowest BCUT2D eigenvalue weighted by atomic mass is 10.1. The van der Waals surface area contributed by atoms with Crippen molar-refractivity contribution in [2.75, 3.05) is 10.6 Å². The Morgan fingerprint density at radius 3 is 1.71 bits per heavy atom. The molecule has 38 heavy (non-hydrogen) atoms. The number of aromatic carboxylic acids is 2. The average molecular weight is 507 g/mol. The Hall–Kier alpha value is -5.50. The number of benzene rings is 4. The normalized spacial score (nSPS) is 10.6. The third-order valence-electron chi connectivity index (χ3n) is 5.59. The van der Waals surface area contributed by atoms with Crippen LogP contribution in [0.2, 0.25) is 0 Å². The molecule has 0 aliphatic rings. The predicted octanol–water partition coefficient (Wildman–Crippen LogP) is 5.76. The van der Waals surface area contributed by atoms with Crippen molar-refractivity contribution in [1.82, 2.24) is 0 Å². The van der Waals surface area contributed by atoms with Crippen LogP contribution < -0.4 is 10.6 Å². The van der Waals surface area contributed by atoms with Gasteiger partial charge in [0.1, 0.15) is 0 Å². The number of hydrogen-bond donors (Lipinski definition) is 4. The quantitative estimate of drug-likeness (QED) is 0.225. The van der Waals surface area contributed by atoms with E-state index in [1.165, 1.54) is 60.7 Å². The molecule has 188 valence electrons. The van der Waals surface area contributed by atoms with E-state index in [9.17, 15) is 24.3 Å². The van der Waals surface area contributed by atoms with Gasteiger partial charge in [-0.05, 0) is 71.8 Å². The van der Waals surface area contributed by atoms with Crippen LogP contribution in [0.4, 0.5) is 11.4 Å². The predicted molar refractivity (Wildman–Crippen MR) is 145 cm³/mol. The zero-order chi connectivity index (χ0) is 27.1. The van der Waals surface area contributed by atoms with Crippen molar-refractivity contribution in [3.05, 3.63) is 130 Å². The van der Waals surface area contributed by atoms with Gasteiger partial charge in [0.25, 0.3) is 11.8 Å². The molecule has 4 N–H and O–H groups in total. The zero-order valence-corrected chi connectivity index (χ0v) is 19.9. The first-order valence-corrected chi connectivity index (χ1v) is 11.5. The number of rotatable bonds is 8. The van der Waals surface area contributed by atoms with Gasteiger partial charge in [-0.3, -0.25) is 9.59 Å². The fourth-order valence-corrected chi connectivity index (χ4v) is 3.57. The van der Waals surface area contributed by atoms with Crippen molar-refractivity contribution in [3.63, 3.8) is 0 Å². The van der Waals surface area contributed by atoms with E-state index in [1.54, 1.807) is 12.1 Å². The van der Waals surface area contributed by atoms with Gasteiger partial charge >= 0.3 is 11.9 Å². The molecule has 2 amide bonds. The van der Waals surface area contributed by atoms with E-state index in [2.05, 4.69) is 10.6 Å². The number of carboxylic acid groups (broad SMARTS) is 2. The fourth-order valence-electron chi connectivity index (χ4n) is 3.57. The Bertz CT molecular complexity index is 1530. The lowest BCUT2D eigenvalue weighted by Crippen LogP contribution is -2.15. The SMILES string of the molecule is O=C(O)c1ccc(C(=O)Nc2ccc(C(=O)Nc3ccc(C=Cc4ccccc4)cc3C(=O)O)cc2)cc1. The zero-order valence-electron chi connectivity index (χ0n) is 19.9. The second-order valence-electron chi connectivity index (χ2n) is 8.22. The molecule has 0 heterocycles. The summed E-state index contributed by atoms with van der Waals surface area (Å²) < 4.78 is 0. The van der Waals surface area contributed by atoms with Gasteiger partial charge in [-0.1, -0.05) is 48.6 Å². The van der Waals surface area contributed by atoms with Crippen molar-refractivity contribution < 1.29 is 29.4 Å². The van der Waals surface area contributed by atoms with Crippen molar-refractivity contribution in [2.45, 2.75) is 0 Å². The van der Waals surface area contributed by atoms with Crippen LogP contribution in [0.15, 0.2) is 97.1 Å². The largest absolute Gasteiger partial charge is 0.478 e. The maximum absolute atomic E-state index is 12.8. The van der Waals surface area contributed by atoms with Gasteiger partial charge in [0.05, 0.1) is 16.8 Å². The number of carbonyl (C=O) groups excluding carboxylic acids is 2. The third kappa shape index (κ3) is 6.38. The number of nitrogens with one attached hydrogen (secondary N) is 2. The summed E-state index contributed by atoms with van der Waals surface area (Å²) in [5.41, 5.74) is 2.78. The van der Waals surface area contributed by atoms with Crippen LogP contribution in [0.1, 0.15) is 52.6 Å². The summed E-state index contributed by atoms with van der Waals surface area (Å²) in [6.07, 6.45) is 3.66. The van der Waals surface area contributed by atoms with Crippen LogP contribution in [-0.4, -0.2) is 34.0 Å². The van der Waals surface area contributed by atoms with E-state index in [-0.39, 0.29) is 27.9 Å². The van der Waals surface area contributed by atoms with Crippen molar-refractivity contribution >= 4 is 47.3 Å². The average Bonchev–Trinajstić information content (AvgIpc) is 2.93. The van der Waals surface area contributed by atoms with Crippen molar-refractivity contribution in [3.8, 4) is 0 Å². The van der Waals surface area contributed by atoms with Crippen LogP contribution in [0.3, 0.4) is 0 Å². The number of amides is 2. The van der Waals surface area contributed by atoms with E-state index in [0.717, 1.165) is 5.56 Å². The maximum atomic E-state index is 12.8. The second kappa shape index (κ2) is 11.5. The van der Waals surface area contributed by atoms with E-state index >= 15 is 0 Å². The maximum Gasteiger partial charge on any atom is 0.337 e. The molecule has 0 bridgehead atoms. The van der Waals surface area contributed by atoms with E-state index in [4.69, 9.17) is 5.11 Å². The Labute approximate surface area is 217 Å². The molecule has 0 fully saturated rings. The minimum atomic E-state index is -1.18. The highest BCUT2D eigenvalue weighted by Crippen LogP contribution is 2.21. The molecule has 0 radical (unpaired) electrons. The summed E-state index contributed by atoms with van der Waals surface area (Å²) >= 11 is 0. The smallest absolute Gasteiger partial charge is 0.337 e. The Morgan fingerprint density at radius 2 is 1.11 bits per heavy atom. The molecular weight excluding hydrogens is 484 g/mol. The minimum absolute atomic E-state index is 0.0497. The highest BCUT2D eigenvalue weighted by atomic mass is 16.4. The summed E-state index contributed by atoms with van der Waals surface area (Å²) in [6, 6.07) is 25.9. The lowest BCUT2D eigenvalue weighted by molar-refractivity contribution is 0.0686. The van der Waals surface area contributed by atoms with Crippen molar-refractivity contribution in [1.29, 1.82) is 0 Å². The highest BCUT2D eigenvalue weighted by molar-refractivity contribution is 6.09. The topological polar surface area (TPSA) is 133 Å². The standard InChI is InChI=1S/C30H22N2O6/c33-27(21-9-11-23(12-10-21)29(35)36)31-24-15-13-22(14-16-24)28(34)32-26-17-8-20(18-25(26)30(37)38)7-6-19-4-2-1-3-5-19/h1-18H,(H,31,33)(H,32,34)(H,35,36)(H,37,38). The fraction of sp³-hybridized carbons (Fsp3) is 0. The Morgan fingerprint density at radius 1 is 0.553 bits per heavy atom. The van der Waals surface area contributed by atoms with Crippen molar-refractivity contribution in [2.24, 2.45) is 0 Å². The monoisotopic (exact) mass is 506 g/mol. The molecule has 8 nitrogen and oxygen atoms in total. The van der Waals surface area contributed by atoms with Crippen LogP contribution in [0.5, 0.6) is 0 Å². The molecular formula is C30H22N2O6. The number of carbonyl (C=O) groups is 4. The van der Waals surface area contributed by atoms with E-state index in [1.807, 2.05) is 36.4 Å². The summed E-state index contributed by atoms with van der Waals surface area (Å²) in [7, 11) is 0. The summed E-state index contributed by atoms with van der Waals surface area (Å²) in [5.74, 6) is -3.21. The first-order chi connectivity index (χ1) is 18.3. The van der Waals surface area contributed by atoms with Gasteiger partial charge in [0, 0.05) is 16.8 Å². The van der Waals surface area contributed by atoms with E-state index < -0.39 is 23.8 Å². The number of anilines is 2. The van der Waals surface area contributed by atoms with Gasteiger partial charge < -0.3 is 20.8 Å². The minimum Gasteiger partial charge on any atom is -0.478 e. The Kier molecular flexibility index (Phi) is 7.74. The molecule has 0 atom stereocenters. The highest BCUT2D eigenvalue weighted by Gasteiger charge is 2.15. The first kappa shape index (κ1) is 25.6. The molecule has 0 aromatic heterocycles. The van der Waals surface area contributed by atoms with Crippen LogP contribution in [0.25, 0.3) is 12.2 Å². The van der Waals surface area contributed by atoms with Gasteiger partial charge in [-0.15, -0.1) is 0 Å². The molecule has 4 aromatic rings.